The molecule has 6 N–H and O–H groups in total. The minimum Gasteiger partial charge on any atom is -0.382 e. The summed E-state index contributed by atoms with van der Waals surface area (Å²) in [7, 11) is 0. The van der Waals surface area contributed by atoms with Crippen molar-refractivity contribution < 1.29 is 4.79 Å². The second-order valence-electron chi connectivity index (χ2n) is 7.96. The molecule has 1 aromatic carbocycles. The van der Waals surface area contributed by atoms with E-state index in [0.717, 1.165) is 48.3 Å². The molecule has 1 aliphatic heterocycles. The monoisotopic (exact) mass is 417 g/mol. The lowest BCUT2D eigenvalue weighted by atomic mass is 10.0. The van der Waals surface area contributed by atoms with Crippen LogP contribution < -0.4 is 22.1 Å². The van der Waals surface area contributed by atoms with E-state index in [2.05, 4.69) is 19.9 Å². The van der Waals surface area contributed by atoms with Crippen molar-refractivity contribution in [2.45, 2.75) is 32.2 Å². The van der Waals surface area contributed by atoms with E-state index in [1.807, 2.05) is 37.3 Å². The van der Waals surface area contributed by atoms with Gasteiger partial charge < -0.3 is 22.1 Å². The topological polar surface area (TPSA) is 137 Å². The molecule has 0 amide bonds. The van der Waals surface area contributed by atoms with Gasteiger partial charge in [-0.25, -0.2) is 9.97 Å². The molecule has 1 atom stereocenters. The number of piperidine rings is 1. The van der Waals surface area contributed by atoms with Crippen LogP contribution in [0.4, 0.5) is 17.3 Å². The number of pyridine rings is 1. The average molecular weight is 418 g/mol. The summed E-state index contributed by atoms with van der Waals surface area (Å²) >= 11 is 0. The maximum Gasteiger partial charge on any atom is 0.189 e. The molecule has 0 radical (unpaired) electrons. The molecular formula is C23H27N7O. The van der Waals surface area contributed by atoms with E-state index >= 15 is 0 Å². The van der Waals surface area contributed by atoms with Gasteiger partial charge in [-0.15, -0.1) is 0 Å². The Morgan fingerprint density at radius 1 is 1.16 bits per heavy atom. The zero-order valence-corrected chi connectivity index (χ0v) is 17.6. The number of hydrogen-bond acceptors (Lipinski definition) is 8. The van der Waals surface area contributed by atoms with Gasteiger partial charge in [-0.1, -0.05) is 24.3 Å². The Balaban J connectivity index is 1.66. The van der Waals surface area contributed by atoms with Gasteiger partial charge in [0, 0.05) is 54.8 Å². The number of ketones is 1. The average Bonchev–Trinajstić information content (AvgIpc) is 2.75. The van der Waals surface area contributed by atoms with Gasteiger partial charge in [0.25, 0.3) is 0 Å². The molecule has 160 valence electrons. The fourth-order valence-electron chi connectivity index (χ4n) is 4.05. The van der Waals surface area contributed by atoms with Gasteiger partial charge in [-0.3, -0.25) is 9.78 Å². The molecule has 3 aromatic rings. The summed E-state index contributed by atoms with van der Waals surface area (Å²) in [5, 5.41) is 0. The molecule has 4 rings (SSSR count). The van der Waals surface area contributed by atoms with Gasteiger partial charge in [0.15, 0.2) is 17.4 Å². The molecule has 1 saturated heterocycles. The molecule has 8 heteroatoms. The van der Waals surface area contributed by atoms with E-state index in [-0.39, 0.29) is 35.6 Å². The van der Waals surface area contributed by atoms with Crippen LogP contribution >= 0.6 is 0 Å². The summed E-state index contributed by atoms with van der Waals surface area (Å²) in [6.45, 7) is 3.62. The van der Waals surface area contributed by atoms with Crippen molar-refractivity contribution in [1.82, 2.24) is 15.0 Å². The first kappa shape index (κ1) is 20.7. The smallest absolute Gasteiger partial charge is 0.189 e. The Morgan fingerprint density at radius 2 is 1.97 bits per heavy atom. The van der Waals surface area contributed by atoms with Crippen LogP contribution in [0.5, 0.6) is 0 Å². The molecule has 2 aromatic heterocycles. The number of anilines is 3. The van der Waals surface area contributed by atoms with Crippen molar-refractivity contribution in [3.8, 4) is 11.3 Å². The van der Waals surface area contributed by atoms with Crippen molar-refractivity contribution >= 4 is 23.1 Å². The van der Waals surface area contributed by atoms with Crippen LogP contribution in [0.2, 0.25) is 0 Å². The number of aryl methyl sites for hydroxylation is 1. The molecule has 0 bridgehead atoms. The minimum atomic E-state index is -0.226. The lowest BCUT2D eigenvalue weighted by molar-refractivity contribution is 0.0989. The third-order valence-corrected chi connectivity index (χ3v) is 5.64. The number of rotatable bonds is 5. The largest absolute Gasteiger partial charge is 0.382 e. The lowest BCUT2D eigenvalue weighted by Crippen LogP contribution is -2.43. The zero-order chi connectivity index (χ0) is 22.0. The van der Waals surface area contributed by atoms with Gasteiger partial charge in [-0.2, -0.15) is 0 Å². The predicted octanol–water partition coefficient (Wildman–Crippen LogP) is 2.36. The fraction of sp³-hybridized carbons (Fsp3) is 0.304. The van der Waals surface area contributed by atoms with E-state index in [1.54, 1.807) is 12.4 Å². The molecule has 1 aliphatic rings. The van der Waals surface area contributed by atoms with Crippen LogP contribution in [0, 0.1) is 6.92 Å². The zero-order valence-electron chi connectivity index (χ0n) is 17.6. The number of hydrogen-bond donors (Lipinski definition) is 3. The molecule has 0 saturated carbocycles. The van der Waals surface area contributed by atoms with Crippen LogP contribution in [0.1, 0.15) is 34.5 Å². The third-order valence-electron chi connectivity index (χ3n) is 5.64. The Hall–Kier alpha value is -3.52. The van der Waals surface area contributed by atoms with E-state index in [4.69, 9.17) is 17.2 Å². The molecule has 0 aliphatic carbocycles. The normalized spacial score (nSPS) is 16.3. The second kappa shape index (κ2) is 8.69. The van der Waals surface area contributed by atoms with E-state index in [1.165, 1.54) is 0 Å². The summed E-state index contributed by atoms with van der Waals surface area (Å²) in [6, 6.07) is 9.74. The molecular weight excluding hydrogens is 390 g/mol. The van der Waals surface area contributed by atoms with E-state index in [0.29, 0.717) is 5.69 Å². The van der Waals surface area contributed by atoms with Crippen LogP contribution in [0.3, 0.4) is 0 Å². The molecule has 0 spiro atoms. The van der Waals surface area contributed by atoms with Crippen molar-refractivity contribution in [2.75, 3.05) is 29.5 Å². The first-order chi connectivity index (χ1) is 14.9. The lowest BCUT2D eigenvalue weighted by Gasteiger charge is -2.33. The minimum absolute atomic E-state index is 0.0327. The number of carbonyl (C=O) groups is 1. The van der Waals surface area contributed by atoms with Crippen LogP contribution in [0.15, 0.2) is 42.7 Å². The van der Waals surface area contributed by atoms with E-state index < -0.39 is 0 Å². The predicted molar refractivity (Wildman–Crippen MR) is 123 cm³/mol. The number of nitrogens with two attached hydrogens (primary N) is 3. The van der Waals surface area contributed by atoms with E-state index in [9.17, 15) is 4.79 Å². The third kappa shape index (κ3) is 4.34. The van der Waals surface area contributed by atoms with Crippen LogP contribution in [-0.2, 0) is 6.42 Å². The first-order valence-electron chi connectivity index (χ1n) is 10.4. The number of carbonyl (C=O) groups excluding carboxylic acids is 1. The summed E-state index contributed by atoms with van der Waals surface area (Å²) in [5.41, 5.74) is 22.5. The van der Waals surface area contributed by atoms with Gasteiger partial charge >= 0.3 is 0 Å². The molecule has 3 heterocycles. The second-order valence-corrected chi connectivity index (χ2v) is 7.96. The molecule has 1 fully saturated rings. The highest BCUT2D eigenvalue weighted by atomic mass is 16.1. The number of nitrogens with zero attached hydrogens (tertiary/aromatic N) is 4. The summed E-state index contributed by atoms with van der Waals surface area (Å²) in [6.07, 6.45) is 5.60. The maximum absolute atomic E-state index is 13.2. The number of nitrogen functional groups attached to an aromatic ring is 2. The van der Waals surface area contributed by atoms with Crippen molar-refractivity contribution in [2.24, 2.45) is 5.73 Å². The Labute approximate surface area is 181 Å². The first-order valence-corrected chi connectivity index (χ1v) is 10.4. The highest BCUT2D eigenvalue weighted by Crippen LogP contribution is 2.29. The summed E-state index contributed by atoms with van der Waals surface area (Å²) in [4.78, 5) is 28.4. The quantitative estimate of drug-likeness (QED) is 0.538. The van der Waals surface area contributed by atoms with Gasteiger partial charge in [0.1, 0.15) is 11.4 Å². The number of Topliss-reactive ketones (excluding diaryl/α,β-unsaturated/α-hetero) is 1. The highest BCUT2D eigenvalue weighted by molar-refractivity contribution is 6.01. The number of benzene rings is 1. The van der Waals surface area contributed by atoms with Crippen LogP contribution in [-0.4, -0.2) is 39.9 Å². The molecule has 1 unspecified atom stereocenters. The van der Waals surface area contributed by atoms with Crippen molar-refractivity contribution in [3.05, 3.63) is 59.5 Å². The maximum atomic E-state index is 13.2. The SMILES string of the molecule is Cc1ccccc1-c1nc(C(=O)Cc2cnccc2N2CCCC(N)C2)c(N)nc1N. The standard InChI is InChI=1S/C23H27N7O/c1-14-5-2-3-7-17(14)20-22(25)29-23(26)21(28-20)19(31)11-15-12-27-9-8-18(15)30-10-4-6-16(24)13-30/h2-3,5,7-9,12,16H,4,6,10-11,13,24H2,1H3,(H4,25,26,29). The Bertz CT molecular complexity index is 1110. The van der Waals surface area contributed by atoms with Crippen molar-refractivity contribution in [3.63, 3.8) is 0 Å². The van der Waals surface area contributed by atoms with Gasteiger partial charge in [0.05, 0.1) is 0 Å². The Kier molecular flexibility index (Phi) is 5.81. The van der Waals surface area contributed by atoms with Gasteiger partial charge in [-0.05, 0) is 31.4 Å². The highest BCUT2D eigenvalue weighted by Gasteiger charge is 2.23. The summed E-state index contributed by atoms with van der Waals surface area (Å²) in [5.74, 6) is 0.00776. The Morgan fingerprint density at radius 3 is 2.74 bits per heavy atom. The van der Waals surface area contributed by atoms with Gasteiger partial charge in [0.2, 0.25) is 0 Å². The molecule has 31 heavy (non-hydrogen) atoms. The number of aromatic nitrogens is 3. The van der Waals surface area contributed by atoms with Crippen molar-refractivity contribution in [1.29, 1.82) is 0 Å². The molecule has 8 nitrogen and oxygen atoms in total. The van der Waals surface area contributed by atoms with Crippen LogP contribution in [0.25, 0.3) is 11.3 Å². The summed E-state index contributed by atoms with van der Waals surface area (Å²) < 4.78 is 0. The fourth-order valence-corrected chi connectivity index (χ4v) is 4.05.